The Morgan fingerprint density at radius 1 is 1.39 bits per heavy atom. The Hall–Kier alpha value is -2.64. The molecule has 0 aliphatic rings. The number of carbonyl (C=O) groups excluding carboxylic acids is 1. The second-order valence-corrected chi connectivity index (χ2v) is 5.63. The lowest BCUT2D eigenvalue weighted by molar-refractivity contribution is -0.141. The number of hydrogen-bond donors (Lipinski definition) is 3. The number of carboxylic acid groups (broad SMARTS) is 1. The smallest absolute Gasteiger partial charge is 0.325 e. The number of rotatable bonds is 5. The van der Waals surface area contributed by atoms with Crippen LogP contribution in [0.15, 0.2) is 4.79 Å². The Morgan fingerprint density at radius 3 is 2.65 bits per heavy atom. The molecule has 1 amide bonds. The highest BCUT2D eigenvalue weighted by atomic mass is 16.4. The Labute approximate surface area is 132 Å². The normalized spacial score (nSPS) is 12.3. The number of amides is 1. The molecule has 3 N–H and O–H groups in total. The molecule has 8 nitrogen and oxygen atoms in total. The lowest BCUT2D eigenvalue weighted by atomic mass is 10.00. The molecule has 124 valence electrons. The van der Waals surface area contributed by atoms with E-state index in [2.05, 4.69) is 15.4 Å². The monoisotopic (exact) mass is 320 g/mol. The number of aromatic amines is 1. The summed E-state index contributed by atoms with van der Waals surface area (Å²) in [5, 5.41) is 14.4. The third kappa shape index (κ3) is 3.25. The van der Waals surface area contributed by atoms with Crippen LogP contribution in [0.3, 0.4) is 0 Å². The highest BCUT2D eigenvalue weighted by molar-refractivity contribution is 5.84. The van der Waals surface area contributed by atoms with Crippen LogP contribution < -0.4 is 10.9 Å². The van der Waals surface area contributed by atoms with Gasteiger partial charge >= 0.3 is 5.97 Å². The van der Waals surface area contributed by atoms with Crippen molar-refractivity contribution in [1.29, 1.82) is 0 Å². The molecule has 0 aliphatic carbocycles. The fourth-order valence-electron chi connectivity index (χ4n) is 2.63. The van der Waals surface area contributed by atoms with Crippen molar-refractivity contribution in [3.63, 3.8) is 0 Å². The molecule has 0 saturated heterocycles. The molecule has 2 aromatic heterocycles. The van der Waals surface area contributed by atoms with Crippen molar-refractivity contribution in [2.45, 2.75) is 39.7 Å². The molecule has 8 heteroatoms. The number of carboxylic acids is 1. The quantitative estimate of drug-likeness (QED) is 0.737. The largest absolute Gasteiger partial charge is 0.480 e. The zero-order valence-corrected chi connectivity index (χ0v) is 13.6. The average Bonchev–Trinajstić information content (AvgIpc) is 2.73. The number of nitrogens with zero attached hydrogens (tertiary/aromatic N) is 2. The van der Waals surface area contributed by atoms with Crippen LogP contribution in [0.5, 0.6) is 0 Å². The lowest BCUT2D eigenvalue weighted by Gasteiger charge is -2.12. The Morgan fingerprint density at radius 2 is 2.04 bits per heavy atom. The predicted octanol–water partition coefficient (Wildman–Crippen LogP) is 0.400. The summed E-state index contributed by atoms with van der Waals surface area (Å²) in [6, 6.07) is -0.928. The van der Waals surface area contributed by atoms with Crippen LogP contribution in [0.4, 0.5) is 0 Å². The van der Waals surface area contributed by atoms with Crippen LogP contribution in [0.1, 0.15) is 30.2 Å². The molecule has 1 atom stereocenters. The van der Waals surface area contributed by atoms with E-state index in [0.29, 0.717) is 17.5 Å². The maximum atomic E-state index is 12.0. The number of aryl methyl sites for hydroxylation is 3. The van der Waals surface area contributed by atoms with Crippen molar-refractivity contribution in [2.75, 3.05) is 0 Å². The molecule has 0 radical (unpaired) electrons. The van der Waals surface area contributed by atoms with Gasteiger partial charge in [-0.1, -0.05) is 0 Å². The van der Waals surface area contributed by atoms with Crippen molar-refractivity contribution in [3.8, 4) is 0 Å². The minimum atomic E-state index is -1.08. The first kappa shape index (κ1) is 16.7. The minimum absolute atomic E-state index is 0.136. The molecule has 0 bridgehead atoms. The molecule has 1 unspecified atom stereocenters. The molecule has 0 saturated carbocycles. The van der Waals surface area contributed by atoms with E-state index < -0.39 is 12.0 Å². The summed E-state index contributed by atoms with van der Waals surface area (Å²) < 4.78 is 1.57. The zero-order chi connectivity index (χ0) is 17.3. The highest BCUT2D eigenvalue weighted by Gasteiger charge is 2.17. The molecule has 0 fully saturated rings. The van der Waals surface area contributed by atoms with E-state index in [1.54, 1.807) is 11.7 Å². The number of hydrogen-bond acceptors (Lipinski definition) is 4. The topological polar surface area (TPSA) is 117 Å². The average molecular weight is 320 g/mol. The van der Waals surface area contributed by atoms with E-state index in [1.807, 2.05) is 13.8 Å². The second-order valence-electron chi connectivity index (χ2n) is 5.63. The summed E-state index contributed by atoms with van der Waals surface area (Å²) in [5.74, 6) is -1.43. The number of H-pyrrole nitrogens is 1. The van der Waals surface area contributed by atoms with Gasteiger partial charge in [0.15, 0.2) is 5.65 Å². The third-order valence-electron chi connectivity index (χ3n) is 3.93. The number of aliphatic carboxylic acids is 1. The fraction of sp³-hybridized carbons (Fsp3) is 0.467. The van der Waals surface area contributed by atoms with E-state index in [9.17, 15) is 14.4 Å². The van der Waals surface area contributed by atoms with Crippen LogP contribution >= 0.6 is 0 Å². The summed E-state index contributed by atoms with van der Waals surface area (Å²) in [7, 11) is 1.72. The zero-order valence-electron chi connectivity index (χ0n) is 13.6. The van der Waals surface area contributed by atoms with Gasteiger partial charge in [0, 0.05) is 19.2 Å². The van der Waals surface area contributed by atoms with Crippen molar-refractivity contribution in [1.82, 2.24) is 20.1 Å². The van der Waals surface area contributed by atoms with Gasteiger partial charge in [-0.2, -0.15) is 0 Å². The lowest BCUT2D eigenvalue weighted by Crippen LogP contribution is -2.38. The summed E-state index contributed by atoms with van der Waals surface area (Å²) in [6.45, 7) is 5.07. The molecule has 23 heavy (non-hydrogen) atoms. The summed E-state index contributed by atoms with van der Waals surface area (Å²) in [5.41, 5.74) is 2.76. The number of nitrogens with one attached hydrogen (secondary N) is 2. The number of aromatic nitrogens is 3. The standard InChI is InChI=1S/C15H20N4O4/c1-7-10(5-6-11(20)16-9(3)15(22)23)8(2)17-13-12(7)14(21)18-19(13)4/h9H,5-6H2,1-4H3,(H,16,20)(H,18,21)(H,22,23). The van der Waals surface area contributed by atoms with Gasteiger partial charge in [0.25, 0.3) is 5.56 Å². The molecule has 0 spiro atoms. The van der Waals surface area contributed by atoms with Crippen LogP contribution in [-0.4, -0.2) is 37.8 Å². The molecule has 0 aliphatic heterocycles. The van der Waals surface area contributed by atoms with Gasteiger partial charge in [-0.05, 0) is 38.3 Å². The summed E-state index contributed by atoms with van der Waals surface area (Å²) in [6.07, 6.45) is 0.532. The second kappa shape index (κ2) is 6.23. The highest BCUT2D eigenvalue weighted by Crippen LogP contribution is 2.20. The Bertz CT molecular complexity index is 834. The van der Waals surface area contributed by atoms with Crippen LogP contribution in [-0.2, 0) is 23.1 Å². The van der Waals surface area contributed by atoms with Gasteiger partial charge < -0.3 is 10.4 Å². The Kier molecular flexibility index (Phi) is 4.53. The number of fused-ring (bicyclic) bond motifs is 1. The van der Waals surface area contributed by atoms with Crippen molar-refractivity contribution >= 4 is 22.9 Å². The van der Waals surface area contributed by atoms with Crippen LogP contribution in [0, 0.1) is 13.8 Å². The minimum Gasteiger partial charge on any atom is -0.480 e. The van der Waals surface area contributed by atoms with E-state index in [4.69, 9.17) is 5.11 Å². The van der Waals surface area contributed by atoms with Crippen LogP contribution in [0.25, 0.3) is 11.0 Å². The van der Waals surface area contributed by atoms with E-state index in [1.165, 1.54) is 6.92 Å². The first-order chi connectivity index (χ1) is 10.7. The summed E-state index contributed by atoms with van der Waals surface area (Å²) in [4.78, 5) is 39.0. The van der Waals surface area contributed by atoms with Crippen molar-refractivity contribution < 1.29 is 14.7 Å². The van der Waals surface area contributed by atoms with Crippen molar-refractivity contribution in [3.05, 3.63) is 27.2 Å². The molecule has 2 aromatic rings. The maximum absolute atomic E-state index is 12.0. The van der Waals surface area contributed by atoms with Gasteiger partial charge in [0.2, 0.25) is 5.91 Å². The molecular weight excluding hydrogens is 300 g/mol. The molecule has 0 aromatic carbocycles. The molecule has 2 heterocycles. The first-order valence-corrected chi connectivity index (χ1v) is 7.29. The van der Waals surface area contributed by atoms with Gasteiger partial charge in [0.1, 0.15) is 6.04 Å². The van der Waals surface area contributed by atoms with Gasteiger partial charge in [-0.15, -0.1) is 0 Å². The number of pyridine rings is 1. The summed E-state index contributed by atoms with van der Waals surface area (Å²) >= 11 is 0. The van der Waals surface area contributed by atoms with E-state index >= 15 is 0 Å². The van der Waals surface area contributed by atoms with Gasteiger partial charge in [-0.25, -0.2) is 4.98 Å². The fourth-order valence-corrected chi connectivity index (χ4v) is 2.63. The Balaban J connectivity index is 2.24. The van der Waals surface area contributed by atoms with Crippen molar-refractivity contribution in [2.24, 2.45) is 7.05 Å². The van der Waals surface area contributed by atoms with Gasteiger partial charge in [0.05, 0.1) is 5.39 Å². The van der Waals surface area contributed by atoms with E-state index in [0.717, 1.165) is 16.8 Å². The molecular formula is C15H20N4O4. The number of carbonyl (C=O) groups is 2. The van der Waals surface area contributed by atoms with Gasteiger partial charge in [-0.3, -0.25) is 24.2 Å². The SMILES string of the molecule is Cc1nc2c(c(C)c1CCC(=O)NC(C)C(=O)O)c(=O)[nH]n2C. The first-order valence-electron chi connectivity index (χ1n) is 7.29. The third-order valence-corrected chi connectivity index (χ3v) is 3.93. The molecule has 2 rings (SSSR count). The maximum Gasteiger partial charge on any atom is 0.325 e. The van der Waals surface area contributed by atoms with Crippen LogP contribution in [0.2, 0.25) is 0 Å². The predicted molar refractivity (Wildman–Crippen MR) is 84.4 cm³/mol. The van der Waals surface area contributed by atoms with E-state index in [-0.39, 0.29) is 17.9 Å².